The predicted octanol–water partition coefficient (Wildman–Crippen LogP) is 3.21. The van der Waals surface area contributed by atoms with Crippen molar-refractivity contribution in [2.24, 2.45) is 0 Å². The Bertz CT molecular complexity index is 469. The van der Waals surface area contributed by atoms with Crippen LogP contribution in [-0.2, 0) is 5.41 Å². The van der Waals surface area contributed by atoms with Crippen LogP contribution in [0.4, 0.5) is 0 Å². The molecule has 0 spiro atoms. The Balaban J connectivity index is 2.62. The lowest BCUT2D eigenvalue weighted by molar-refractivity contribution is 0.694. The SMILES string of the molecule is C#CC(C)(C)c1nc2ccccc2s1. The number of rotatable bonds is 1. The molecule has 2 aromatic rings. The first-order chi connectivity index (χ1) is 6.63. The summed E-state index contributed by atoms with van der Waals surface area (Å²) in [7, 11) is 0. The first-order valence-electron chi connectivity index (χ1n) is 4.47. The van der Waals surface area contributed by atoms with Crippen molar-refractivity contribution >= 4 is 21.6 Å². The van der Waals surface area contributed by atoms with Crippen LogP contribution in [0.15, 0.2) is 24.3 Å². The highest BCUT2D eigenvalue weighted by molar-refractivity contribution is 7.18. The third-order valence-electron chi connectivity index (χ3n) is 2.19. The van der Waals surface area contributed by atoms with Gasteiger partial charge in [-0.3, -0.25) is 0 Å². The molecule has 0 radical (unpaired) electrons. The fourth-order valence-electron chi connectivity index (χ4n) is 1.20. The maximum absolute atomic E-state index is 5.48. The predicted molar refractivity (Wildman–Crippen MR) is 61.5 cm³/mol. The Kier molecular flexibility index (Phi) is 2.05. The summed E-state index contributed by atoms with van der Waals surface area (Å²) < 4.78 is 1.20. The van der Waals surface area contributed by atoms with E-state index in [0.717, 1.165) is 10.5 Å². The van der Waals surface area contributed by atoms with Gasteiger partial charge in [0.2, 0.25) is 0 Å². The molecule has 0 aliphatic carbocycles. The molecule has 0 saturated heterocycles. The molecule has 0 amide bonds. The second kappa shape index (κ2) is 3.11. The Morgan fingerprint density at radius 2 is 2.07 bits per heavy atom. The second-order valence-corrected chi connectivity index (χ2v) is 4.79. The highest BCUT2D eigenvalue weighted by Gasteiger charge is 2.21. The van der Waals surface area contributed by atoms with Crippen LogP contribution in [0.1, 0.15) is 18.9 Å². The molecule has 0 aliphatic heterocycles. The highest BCUT2D eigenvalue weighted by Crippen LogP contribution is 2.30. The van der Waals surface area contributed by atoms with E-state index >= 15 is 0 Å². The van der Waals surface area contributed by atoms with Gasteiger partial charge in [-0.1, -0.05) is 18.1 Å². The van der Waals surface area contributed by atoms with Gasteiger partial charge in [-0.15, -0.1) is 17.8 Å². The van der Waals surface area contributed by atoms with Crippen LogP contribution in [0.2, 0.25) is 0 Å². The van der Waals surface area contributed by atoms with E-state index in [9.17, 15) is 0 Å². The molecular formula is C12H11NS. The van der Waals surface area contributed by atoms with E-state index in [1.807, 2.05) is 32.0 Å². The molecule has 1 aromatic heterocycles. The number of thiazole rings is 1. The van der Waals surface area contributed by atoms with Gasteiger partial charge >= 0.3 is 0 Å². The van der Waals surface area contributed by atoms with Crippen LogP contribution < -0.4 is 0 Å². The van der Waals surface area contributed by atoms with Crippen molar-refractivity contribution < 1.29 is 0 Å². The third-order valence-corrected chi connectivity index (χ3v) is 3.55. The van der Waals surface area contributed by atoms with E-state index in [2.05, 4.69) is 17.0 Å². The van der Waals surface area contributed by atoms with Crippen LogP contribution in [0.25, 0.3) is 10.2 Å². The first-order valence-corrected chi connectivity index (χ1v) is 5.29. The van der Waals surface area contributed by atoms with Gasteiger partial charge in [0.15, 0.2) is 0 Å². The molecule has 0 N–H and O–H groups in total. The number of terminal acetylenes is 1. The van der Waals surface area contributed by atoms with Gasteiger partial charge in [0, 0.05) is 0 Å². The standard InChI is InChI=1S/C12H11NS/c1-4-12(2,3)11-13-9-7-5-6-8-10(9)14-11/h1,5-8H,2-3H3. The van der Waals surface area contributed by atoms with Gasteiger partial charge in [-0.05, 0) is 26.0 Å². The van der Waals surface area contributed by atoms with Crippen molar-refractivity contribution in [2.45, 2.75) is 19.3 Å². The molecule has 2 rings (SSSR count). The number of hydrogen-bond acceptors (Lipinski definition) is 2. The molecule has 1 nitrogen and oxygen atoms in total. The minimum Gasteiger partial charge on any atom is -0.240 e. The number of hydrogen-bond donors (Lipinski definition) is 0. The maximum Gasteiger partial charge on any atom is 0.111 e. The zero-order chi connectivity index (χ0) is 10.2. The monoisotopic (exact) mass is 201 g/mol. The third kappa shape index (κ3) is 1.40. The fraction of sp³-hybridized carbons (Fsp3) is 0.250. The number of benzene rings is 1. The van der Waals surface area contributed by atoms with Crippen molar-refractivity contribution in [1.29, 1.82) is 0 Å². The van der Waals surface area contributed by atoms with Crippen molar-refractivity contribution in [2.75, 3.05) is 0 Å². The largest absolute Gasteiger partial charge is 0.240 e. The minimum atomic E-state index is -0.260. The topological polar surface area (TPSA) is 12.9 Å². The summed E-state index contributed by atoms with van der Waals surface area (Å²) in [6.45, 7) is 4.04. The average Bonchev–Trinajstić information content (AvgIpc) is 2.61. The number of para-hydroxylation sites is 1. The van der Waals surface area contributed by atoms with E-state index in [1.54, 1.807) is 11.3 Å². The van der Waals surface area contributed by atoms with Crippen molar-refractivity contribution in [3.05, 3.63) is 29.3 Å². The lowest BCUT2D eigenvalue weighted by Crippen LogP contribution is -2.12. The van der Waals surface area contributed by atoms with Gasteiger partial charge in [-0.25, -0.2) is 4.98 Å². The summed E-state index contributed by atoms with van der Waals surface area (Å²) in [5.41, 5.74) is 0.778. The Morgan fingerprint density at radius 1 is 1.36 bits per heavy atom. The van der Waals surface area contributed by atoms with Crippen LogP contribution >= 0.6 is 11.3 Å². The smallest absolute Gasteiger partial charge is 0.111 e. The van der Waals surface area contributed by atoms with Crippen LogP contribution in [0.5, 0.6) is 0 Å². The Labute approximate surface area is 87.8 Å². The Morgan fingerprint density at radius 3 is 2.71 bits per heavy atom. The first kappa shape index (κ1) is 9.23. The van der Waals surface area contributed by atoms with E-state index in [1.165, 1.54) is 4.70 Å². The molecule has 0 bridgehead atoms. The zero-order valence-electron chi connectivity index (χ0n) is 8.24. The summed E-state index contributed by atoms with van der Waals surface area (Å²) in [6.07, 6.45) is 5.48. The molecule has 0 aliphatic rings. The summed E-state index contributed by atoms with van der Waals surface area (Å²) in [5.74, 6) is 2.77. The fourth-order valence-corrected chi connectivity index (χ4v) is 2.23. The molecule has 0 fully saturated rings. The maximum atomic E-state index is 5.48. The van der Waals surface area contributed by atoms with Gasteiger partial charge < -0.3 is 0 Å². The summed E-state index contributed by atoms with van der Waals surface area (Å²) >= 11 is 1.68. The lowest BCUT2D eigenvalue weighted by Gasteiger charge is -2.12. The van der Waals surface area contributed by atoms with Gasteiger partial charge in [0.25, 0.3) is 0 Å². The molecule has 0 unspecified atom stereocenters. The van der Waals surface area contributed by atoms with Crippen LogP contribution in [0.3, 0.4) is 0 Å². The number of nitrogens with zero attached hydrogens (tertiary/aromatic N) is 1. The van der Waals surface area contributed by atoms with Gasteiger partial charge in [0.1, 0.15) is 5.01 Å². The van der Waals surface area contributed by atoms with Gasteiger partial charge in [0.05, 0.1) is 15.6 Å². The van der Waals surface area contributed by atoms with Crippen molar-refractivity contribution in [3.63, 3.8) is 0 Å². The van der Waals surface area contributed by atoms with Crippen LogP contribution in [0, 0.1) is 12.3 Å². The highest BCUT2D eigenvalue weighted by atomic mass is 32.1. The molecule has 2 heteroatoms. The summed E-state index contributed by atoms with van der Waals surface area (Å²) in [6, 6.07) is 8.10. The average molecular weight is 201 g/mol. The van der Waals surface area contributed by atoms with Gasteiger partial charge in [-0.2, -0.15) is 0 Å². The van der Waals surface area contributed by atoms with Crippen molar-refractivity contribution in [3.8, 4) is 12.3 Å². The summed E-state index contributed by atoms with van der Waals surface area (Å²) in [4.78, 5) is 4.53. The number of fused-ring (bicyclic) bond motifs is 1. The molecular weight excluding hydrogens is 190 g/mol. The quantitative estimate of drug-likeness (QED) is 0.646. The molecule has 0 atom stereocenters. The molecule has 1 aromatic carbocycles. The normalized spacial score (nSPS) is 11.5. The van der Waals surface area contributed by atoms with Crippen LogP contribution in [-0.4, -0.2) is 4.98 Å². The zero-order valence-corrected chi connectivity index (χ0v) is 9.06. The van der Waals surface area contributed by atoms with E-state index in [4.69, 9.17) is 6.42 Å². The molecule has 0 saturated carbocycles. The Hall–Kier alpha value is -1.33. The van der Waals surface area contributed by atoms with Crippen molar-refractivity contribution in [1.82, 2.24) is 4.98 Å². The van der Waals surface area contributed by atoms with E-state index < -0.39 is 0 Å². The number of aromatic nitrogens is 1. The van der Waals surface area contributed by atoms with E-state index in [0.29, 0.717) is 0 Å². The molecule has 70 valence electrons. The minimum absolute atomic E-state index is 0.260. The lowest BCUT2D eigenvalue weighted by atomic mass is 9.96. The summed E-state index contributed by atoms with van der Waals surface area (Å²) in [5, 5.41) is 1.02. The van der Waals surface area contributed by atoms with E-state index in [-0.39, 0.29) is 5.41 Å². The second-order valence-electron chi connectivity index (χ2n) is 3.76. The molecule has 14 heavy (non-hydrogen) atoms. The molecule has 1 heterocycles.